The van der Waals surface area contributed by atoms with E-state index in [0.29, 0.717) is 5.56 Å². The van der Waals surface area contributed by atoms with Gasteiger partial charge < -0.3 is 10.2 Å². The Balaban J connectivity index is 1.65. The van der Waals surface area contributed by atoms with Gasteiger partial charge in [0, 0.05) is 25.0 Å². The summed E-state index contributed by atoms with van der Waals surface area (Å²) in [6, 6.07) is 11.8. The second-order valence-electron chi connectivity index (χ2n) is 5.54. The second kappa shape index (κ2) is 7.51. The fraction of sp³-hybridized carbons (Fsp3) is 0.333. The summed E-state index contributed by atoms with van der Waals surface area (Å²) in [5.74, 6) is 1.98. The molecule has 0 bridgehead atoms. The summed E-state index contributed by atoms with van der Waals surface area (Å²) in [6.45, 7) is 1.65. The van der Waals surface area contributed by atoms with Crippen LogP contribution in [-0.4, -0.2) is 36.0 Å². The van der Waals surface area contributed by atoms with Crippen molar-refractivity contribution < 1.29 is 4.79 Å². The van der Waals surface area contributed by atoms with Gasteiger partial charge in [0.1, 0.15) is 5.82 Å². The van der Waals surface area contributed by atoms with Gasteiger partial charge in [0.15, 0.2) is 0 Å². The third-order valence-corrected chi connectivity index (χ3v) is 4.67. The monoisotopic (exact) mass is 327 g/mol. The van der Waals surface area contributed by atoms with Crippen LogP contribution in [0.5, 0.6) is 0 Å². The zero-order valence-electron chi connectivity index (χ0n) is 13.3. The van der Waals surface area contributed by atoms with Gasteiger partial charge in [-0.15, -0.1) is 0 Å². The number of thioether (sulfide) groups is 1. The van der Waals surface area contributed by atoms with Crippen molar-refractivity contribution in [1.82, 2.24) is 4.98 Å². The van der Waals surface area contributed by atoms with E-state index in [1.54, 1.807) is 6.20 Å². The summed E-state index contributed by atoms with van der Waals surface area (Å²) in [4.78, 5) is 18.9. The number of benzene rings is 1. The average Bonchev–Trinajstić information content (AvgIpc) is 3.03. The lowest BCUT2D eigenvalue weighted by molar-refractivity contribution is 0.0989. The minimum atomic E-state index is 0.0244. The maximum absolute atomic E-state index is 12.7. The van der Waals surface area contributed by atoms with Gasteiger partial charge in [0.05, 0.1) is 5.56 Å². The molecule has 0 spiro atoms. The molecule has 23 heavy (non-hydrogen) atoms. The van der Waals surface area contributed by atoms with Crippen LogP contribution in [0.3, 0.4) is 0 Å². The highest BCUT2D eigenvalue weighted by Crippen LogP contribution is 2.28. The predicted octanol–water partition coefficient (Wildman–Crippen LogP) is 3.45. The summed E-state index contributed by atoms with van der Waals surface area (Å²) < 4.78 is 0. The van der Waals surface area contributed by atoms with E-state index in [-0.39, 0.29) is 5.91 Å². The lowest BCUT2D eigenvalue weighted by Crippen LogP contribution is -2.28. The SMILES string of the molecule is CSCCCNc1ccc(C(=O)N2CCc3ccccc32)cn1. The number of carbonyl (C=O) groups is 1. The third-order valence-electron chi connectivity index (χ3n) is 3.97. The molecule has 2 aromatic rings. The van der Waals surface area contributed by atoms with Crippen LogP contribution in [0.15, 0.2) is 42.6 Å². The van der Waals surface area contributed by atoms with Gasteiger partial charge in [-0.1, -0.05) is 18.2 Å². The smallest absolute Gasteiger partial charge is 0.259 e. The number of fused-ring (bicyclic) bond motifs is 1. The topological polar surface area (TPSA) is 45.2 Å². The first-order chi connectivity index (χ1) is 11.3. The van der Waals surface area contributed by atoms with Crippen molar-refractivity contribution in [2.24, 2.45) is 0 Å². The molecule has 2 heterocycles. The van der Waals surface area contributed by atoms with Gasteiger partial charge in [-0.2, -0.15) is 11.8 Å². The number of carbonyl (C=O) groups excluding carboxylic acids is 1. The fourth-order valence-corrected chi connectivity index (χ4v) is 3.20. The Morgan fingerprint density at radius 1 is 1.30 bits per heavy atom. The summed E-state index contributed by atoms with van der Waals surface area (Å²) in [5, 5.41) is 3.28. The molecule has 0 saturated heterocycles. The molecule has 4 nitrogen and oxygen atoms in total. The Morgan fingerprint density at radius 3 is 2.96 bits per heavy atom. The van der Waals surface area contributed by atoms with Crippen molar-refractivity contribution in [3.8, 4) is 0 Å². The number of nitrogens with one attached hydrogen (secondary N) is 1. The van der Waals surface area contributed by atoms with Crippen LogP contribution in [0, 0.1) is 0 Å². The second-order valence-corrected chi connectivity index (χ2v) is 6.53. The van der Waals surface area contributed by atoms with Gasteiger partial charge in [-0.05, 0) is 48.6 Å². The summed E-state index contributed by atoms with van der Waals surface area (Å²) in [7, 11) is 0. The van der Waals surface area contributed by atoms with Crippen molar-refractivity contribution in [3.05, 3.63) is 53.7 Å². The van der Waals surface area contributed by atoms with Gasteiger partial charge >= 0.3 is 0 Å². The minimum Gasteiger partial charge on any atom is -0.370 e. The first kappa shape index (κ1) is 15.9. The number of pyridine rings is 1. The Labute approximate surface area is 141 Å². The molecular weight excluding hydrogens is 306 g/mol. The van der Waals surface area contributed by atoms with E-state index in [1.165, 1.54) is 5.56 Å². The zero-order chi connectivity index (χ0) is 16.1. The van der Waals surface area contributed by atoms with Crippen LogP contribution in [0.2, 0.25) is 0 Å². The van der Waals surface area contributed by atoms with E-state index >= 15 is 0 Å². The molecule has 0 fully saturated rings. The third kappa shape index (κ3) is 3.67. The molecule has 3 rings (SSSR count). The Hall–Kier alpha value is -2.01. The lowest BCUT2D eigenvalue weighted by Gasteiger charge is -2.17. The Morgan fingerprint density at radius 2 is 2.17 bits per heavy atom. The van der Waals surface area contributed by atoms with Crippen molar-refractivity contribution in [2.45, 2.75) is 12.8 Å². The van der Waals surface area contributed by atoms with Crippen LogP contribution in [0.1, 0.15) is 22.3 Å². The van der Waals surface area contributed by atoms with Crippen molar-refractivity contribution in [2.75, 3.05) is 35.3 Å². The van der Waals surface area contributed by atoms with Gasteiger partial charge in [-0.3, -0.25) is 4.79 Å². The molecule has 0 atom stereocenters. The Bertz CT molecular complexity index is 672. The van der Waals surface area contributed by atoms with Crippen molar-refractivity contribution in [3.63, 3.8) is 0 Å². The first-order valence-electron chi connectivity index (χ1n) is 7.88. The molecule has 1 aromatic heterocycles. The number of rotatable bonds is 6. The highest BCUT2D eigenvalue weighted by atomic mass is 32.2. The molecule has 0 radical (unpaired) electrons. The van der Waals surface area contributed by atoms with E-state index in [0.717, 1.165) is 43.2 Å². The van der Waals surface area contributed by atoms with E-state index in [4.69, 9.17) is 0 Å². The van der Waals surface area contributed by atoms with Crippen LogP contribution >= 0.6 is 11.8 Å². The zero-order valence-corrected chi connectivity index (χ0v) is 14.1. The number of hydrogen-bond donors (Lipinski definition) is 1. The number of hydrogen-bond acceptors (Lipinski definition) is 4. The molecule has 1 N–H and O–H groups in total. The normalized spacial score (nSPS) is 13.0. The first-order valence-corrected chi connectivity index (χ1v) is 9.27. The fourth-order valence-electron chi connectivity index (χ4n) is 2.76. The van der Waals surface area contributed by atoms with E-state index < -0.39 is 0 Å². The molecule has 0 unspecified atom stereocenters. The lowest BCUT2D eigenvalue weighted by atomic mass is 10.2. The van der Waals surface area contributed by atoms with E-state index in [1.807, 2.05) is 47.0 Å². The molecule has 0 aliphatic carbocycles. The minimum absolute atomic E-state index is 0.0244. The molecule has 0 saturated carbocycles. The highest BCUT2D eigenvalue weighted by molar-refractivity contribution is 7.98. The number of para-hydroxylation sites is 1. The van der Waals surface area contributed by atoms with Crippen LogP contribution in [-0.2, 0) is 6.42 Å². The number of nitrogens with zero attached hydrogens (tertiary/aromatic N) is 2. The molecule has 1 aliphatic rings. The molecule has 1 aromatic carbocycles. The van der Waals surface area contributed by atoms with Crippen molar-refractivity contribution >= 4 is 29.2 Å². The predicted molar refractivity (Wildman–Crippen MR) is 97.5 cm³/mol. The van der Waals surface area contributed by atoms with Gasteiger partial charge in [0.25, 0.3) is 5.91 Å². The average molecular weight is 327 g/mol. The van der Waals surface area contributed by atoms with Crippen molar-refractivity contribution in [1.29, 1.82) is 0 Å². The van der Waals surface area contributed by atoms with Gasteiger partial charge in [-0.25, -0.2) is 4.98 Å². The quantitative estimate of drug-likeness (QED) is 0.826. The van der Waals surface area contributed by atoms with E-state index in [9.17, 15) is 4.79 Å². The Kier molecular flexibility index (Phi) is 5.18. The summed E-state index contributed by atoms with van der Waals surface area (Å²) in [5.41, 5.74) is 2.90. The largest absolute Gasteiger partial charge is 0.370 e. The van der Waals surface area contributed by atoms with Crippen LogP contribution in [0.25, 0.3) is 0 Å². The number of anilines is 2. The molecule has 1 aliphatic heterocycles. The summed E-state index contributed by atoms with van der Waals surface area (Å²) in [6.07, 6.45) is 5.80. The number of amides is 1. The maximum atomic E-state index is 12.7. The maximum Gasteiger partial charge on any atom is 0.259 e. The molecule has 5 heteroatoms. The standard InChI is InChI=1S/C18H21N3OS/c1-23-12-4-10-19-17-8-7-15(13-20-17)18(22)21-11-9-14-5-2-3-6-16(14)21/h2-3,5-8,13H,4,9-12H2,1H3,(H,19,20). The van der Waals surface area contributed by atoms with Gasteiger partial charge in [0.2, 0.25) is 0 Å². The molecule has 120 valence electrons. The summed E-state index contributed by atoms with van der Waals surface area (Å²) >= 11 is 1.84. The highest BCUT2D eigenvalue weighted by Gasteiger charge is 2.25. The molecular formula is C18H21N3OS. The number of aromatic nitrogens is 1. The van der Waals surface area contributed by atoms with Crippen LogP contribution < -0.4 is 10.2 Å². The van der Waals surface area contributed by atoms with Crippen LogP contribution in [0.4, 0.5) is 11.5 Å². The molecule has 1 amide bonds. The van der Waals surface area contributed by atoms with E-state index in [2.05, 4.69) is 22.6 Å².